The van der Waals surface area contributed by atoms with E-state index in [1.807, 2.05) is 30.1 Å². The SMILES string of the molecule is CN1CCN(Cc2ncc(NC(=O)N3CCc4ccc(Oc5c(F)cnc6[nH]c(-c7ccncc7)cc56)cc4C3)cc2C(F)(F)F)CC1. The van der Waals surface area contributed by atoms with Crippen LogP contribution < -0.4 is 10.1 Å². The van der Waals surface area contributed by atoms with Gasteiger partial charge in [0.15, 0.2) is 11.6 Å². The minimum atomic E-state index is -4.63. The Morgan fingerprint density at radius 1 is 0.979 bits per heavy atom. The highest BCUT2D eigenvalue weighted by Gasteiger charge is 2.35. The standard InChI is InChI=1S/C34H32F4N8O2/c1-44-10-12-45(13-11-44)20-30-27(34(36,37)38)15-24(17-40-30)42-33(47)46-9-6-21-2-3-25(14-23(21)19-46)48-31-26-16-29(22-4-7-39-8-5-22)43-32(26)41-18-28(31)35/h2-5,7-8,14-18H,6,9-13,19-20H2,1H3,(H,41,43)(H,42,47). The van der Waals surface area contributed by atoms with Crippen molar-refractivity contribution in [2.75, 3.05) is 45.1 Å². The van der Waals surface area contributed by atoms with E-state index < -0.39 is 23.6 Å². The number of nitrogens with one attached hydrogen (secondary N) is 2. The maximum Gasteiger partial charge on any atom is 0.418 e. The lowest BCUT2D eigenvalue weighted by Crippen LogP contribution is -2.44. The molecule has 2 N–H and O–H groups in total. The number of urea groups is 1. The van der Waals surface area contributed by atoms with Gasteiger partial charge < -0.3 is 24.8 Å². The van der Waals surface area contributed by atoms with Crippen molar-refractivity contribution in [1.82, 2.24) is 34.6 Å². The van der Waals surface area contributed by atoms with Crippen molar-refractivity contribution in [3.63, 3.8) is 0 Å². The molecular formula is C34H32F4N8O2. The van der Waals surface area contributed by atoms with Crippen LogP contribution in [0.4, 0.5) is 28.0 Å². The number of rotatable bonds is 6. The lowest BCUT2D eigenvalue weighted by molar-refractivity contribution is -0.138. The number of anilines is 1. The molecule has 0 bridgehead atoms. The zero-order valence-electron chi connectivity index (χ0n) is 26.0. The van der Waals surface area contributed by atoms with Crippen molar-refractivity contribution in [1.29, 1.82) is 0 Å². The number of nitrogens with zero attached hydrogens (tertiary/aromatic N) is 6. The fraction of sp³-hybridized carbons (Fsp3) is 0.294. The molecule has 0 atom stereocenters. The Kier molecular flexibility index (Phi) is 8.43. The van der Waals surface area contributed by atoms with E-state index in [9.17, 15) is 18.0 Å². The third-order valence-corrected chi connectivity index (χ3v) is 8.75. The summed E-state index contributed by atoms with van der Waals surface area (Å²) in [5.74, 6) is -0.266. The first-order chi connectivity index (χ1) is 23.1. The van der Waals surface area contributed by atoms with Crippen LogP contribution in [0.2, 0.25) is 0 Å². The second-order valence-corrected chi connectivity index (χ2v) is 12.0. The molecule has 2 amide bonds. The predicted molar refractivity (Wildman–Crippen MR) is 171 cm³/mol. The fourth-order valence-electron chi connectivity index (χ4n) is 6.06. The number of amides is 2. The van der Waals surface area contributed by atoms with Gasteiger partial charge in [0.1, 0.15) is 11.4 Å². The van der Waals surface area contributed by atoms with E-state index >= 15 is 4.39 Å². The Morgan fingerprint density at radius 2 is 1.77 bits per heavy atom. The van der Waals surface area contributed by atoms with Crippen LogP contribution in [0.5, 0.6) is 11.5 Å². The van der Waals surface area contributed by atoms with E-state index in [0.29, 0.717) is 42.8 Å². The van der Waals surface area contributed by atoms with Gasteiger partial charge in [-0.05, 0) is 61.0 Å². The van der Waals surface area contributed by atoms with E-state index in [1.54, 1.807) is 30.6 Å². The van der Waals surface area contributed by atoms with Gasteiger partial charge in [-0.2, -0.15) is 13.2 Å². The van der Waals surface area contributed by atoms with Gasteiger partial charge in [0.05, 0.1) is 34.7 Å². The van der Waals surface area contributed by atoms with Crippen LogP contribution in [0.3, 0.4) is 0 Å². The molecule has 4 aromatic heterocycles. The number of aromatic amines is 1. The Labute approximate surface area is 273 Å². The van der Waals surface area contributed by atoms with E-state index in [4.69, 9.17) is 4.74 Å². The number of halogens is 4. The van der Waals surface area contributed by atoms with Crippen molar-refractivity contribution >= 4 is 22.8 Å². The molecule has 6 heterocycles. The molecule has 0 saturated carbocycles. The molecule has 0 aliphatic carbocycles. The molecule has 2 aliphatic heterocycles. The molecule has 1 fully saturated rings. The first-order valence-electron chi connectivity index (χ1n) is 15.5. The number of likely N-dealkylation sites (N-methyl/N-ethyl adjacent to an activating group) is 1. The van der Waals surface area contributed by atoms with Gasteiger partial charge in [-0.1, -0.05) is 6.07 Å². The molecule has 0 radical (unpaired) electrons. The summed E-state index contributed by atoms with van der Waals surface area (Å²) in [6, 6.07) is 11.2. The van der Waals surface area contributed by atoms with Gasteiger partial charge in [-0.15, -0.1) is 0 Å². The van der Waals surface area contributed by atoms with Crippen molar-refractivity contribution in [3.8, 4) is 22.8 Å². The fourth-order valence-corrected chi connectivity index (χ4v) is 6.06. The Morgan fingerprint density at radius 3 is 2.54 bits per heavy atom. The van der Waals surface area contributed by atoms with Crippen LogP contribution in [-0.4, -0.2) is 80.4 Å². The van der Waals surface area contributed by atoms with Crippen LogP contribution in [-0.2, 0) is 25.7 Å². The van der Waals surface area contributed by atoms with E-state index in [-0.39, 0.29) is 30.2 Å². The normalized spacial score (nSPS) is 15.8. The summed E-state index contributed by atoms with van der Waals surface area (Å²) in [6.45, 7) is 3.47. The second-order valence-electron chi connectivity index (χ2n) is 12.0. The van der Waals surface area contributed by atoms with Gasteiger partial charge >= 0.3 is 12.2 Å². The monoisotopic (exact) mass is 660 g/mol. The smallest absolute Gasteiger partial charge is 0.418 e. The number of piperazine rings is 1. The van der Waals surface area contributed by atoms with Gasteiger partial charge in [-0.25, -0.2) is 14.2 Å². The number of benzene rings is 1. The zero-order valence-corrected chi connectivity index (χ0v) is 26.0. The number of H-pyrrole nitrogens is 1. The number of alkyl halides is 3. The lowest BCUT2D eigenvalue weighted by Gasteiger charge is -2.32. The highest BCUT2D eigenvalue weighted by atomic mass is 19.4. The van der Waals surface area contributed by atoms with E-state index in [1.165, 1.54) is 11.1 Å². The van der Waals surface area contributed by atoms with Crippen LogP contribution in [0.15, 0.2) is 67.3 Å². The van der Waals surface area contributed by atoms with Crippen molar-refractivity contribution in [2.45, 2.75) is 25.7 Å². The molecule has 14 heteroatoms. The van der Waals surface area contributed by atoms with Crippen LogP contribution in [0.1, 0.15) is 22.4 Å². The molecule has 1 saturated heterocycles. The summed E-state index contributed by atoms with van der Waals surface area (Å²) in [6.07, 6.45) is 1.58. The Bertz CT molecular complexity index is 1960. The quantitative estimate of drug-likeness (QED) is 0.206. The van der Waals surface area contributed by atoms with Crippen LogP contribution in [0.25, 0.3) is 22.3 Å². The first-order valence-corrected chi connectivity index (χ1v) is 15.5. The Balaban J connectivity index is 1.06. The van der Waals surface area contributed by atoms with E-state index in [0.717, 1.165) is 47.7 Å². The molecule has 5 aromatic rings. The molecular weight excluding hydrogens is 628 g/mol. The number of ether oxygens (including phenoxy) is 1. The summed E-state index contributed by atoms with van der Waals surface area (Å²) in [5, 5.41) is 3.06. The number of fused-ring (bicyclic) bond motifs is 2. The molecule has 248 valence electrons. The Hall–Kier alpha value is -5.08. The first kappa shape index (κ1) is 31.5. The van der Waals surface area contributed by atoms with Gasteiger partial charge in [0, 0.05) is 69.5 Å². The molecule has 2 aliphatic rings. The minimum Gasteiger partial charge on any atom is -0.453 e. The lowest BCUT2D eigenvalue weighted by atomic mass is 9.99. The third-order valence-electron chi connectivity index (χ3n) is 8.75. The average Bonchev–Trinajstić information content (AvgIpc) is 3.52. The summed E-state index contributed by atoms with van der Waals surface area (Å²) in [4.78, 5) is 34.3. The van der Waals surface area contributed by atoms with Crippen molar-refractivity contribution < 1.29 is 27.1 Å². The third kappa shape index (κ3) is 6.66. The van der Waals surface area contributed by atoms with Crippen LogP contribution in [0, 0.1) is 5.82 Å². The summed E-state index contributed by atoms with van der Waals surface area (Å²) >= 11 is 0. The summed E-state index contributed by atoms with van der Waals surface area (Å²) < 4.78 is 63.3. The number of hydrogen-bond donors (Lipinski definition) is 2. The number of hydrogen-bond acceptors (Lipinski definition) is 7. The minimum absolute atomic E-state index is 0.00551. The van der Waals surface area contributed by atoms with Crippen molar-refractivity contribution in [3.05, 3.63) is 95.5 Å². The number of carbonyl (C=O) groups excluding carboxylic acids is 1. The number of aromatic nitrogens is 4. The van der Waals surface area contributed by atoms with Gasteiger partial charge in [-0.3, -0.25) is 14.9 Å². The topological polar surface area (TPSA) is 103 Å². The maximum atomic E-state index is 15.0. The molecule has 0 spiro atoms. The molecule has 10 nitrogen and oxygen atoms in total. The molecule has 1 aromatic carbocycles. The molecule has 48 heavy (non-hydrogen) atoms. The highest BCUT2D eigenvalue weighted by molar-refractivity contribution is 5.90. The molecule has 7 rings (SSSR count). The average molecular weight is 661 g/mol. The second kappa shape index (κ2) is 12.8. The van der Waals surface area contributed by atoms with Crippen molar-refractivity contribution in [2.24, 2.45) is 0 Å². The largest absolute Gasteiger partial charge is 0.453 e. The number of carbonyl (C=O) groups is 1. The number of pyridine rings is 3. The van der Waals surface area contributed by atoms with E-state index in [2.05, 4.69) is 30.2 Å². The van der Waals surface area contributed by atoms with Gasteiger partial charge in [0.2, 0.25) is 0 Å². The maximum absolute atomic E-state index is 15.0. The molecule has 0 unspecified atom stereocenters. The van der Waals surface area contributed by atoms with Crippen LogP contribution >= 0.6 is 0 Å². The predicted octanol–water partition coefficient (Wildman–Crippen LogP) is 6.31. The summed E-state index contributed by atoms with van der Waals surface area (Å²) in [7, 11) is 1.98. The highest BCUT2D eigenvalue weighted by Crippen LogP contribution is 2.36. The summed E-state index contributed by atoms with van der Waals surface area (Å²) in [5.41, 5.74) is 2.84. The zero-order chi connectivity index (χ0) is 33.4. The van der Waals surface area contributed by atoms with Gasteiger partial charge in [0.25, 0.3) is 0 Å².